The Labute approximate surface area is 98.1 Å². The van der Waals surface area contributed by atoms with Gasteiger partial charge in [0, 0.05) is 6.04 Å². The highest BCUT2D eigenvalue weighted by Gasteiger charge is 2.02. The maximum Gasteiger partial charge on any atom is 0.120 e. The van der Waals surface area contributed by atoms with Crippen LogP contribution in [-0.4, -0.2) is 12.1 Å². The van der Waals surface area contributed by atoms with Crippen LogP contribution in [0, 0.1) is 0 Å². The van der Waals surface area contributed by atoms with E-state index in [0.29, 0.717) is 0 Å². The van der Waals surface area contributed by atoms with Crippen molar-refractivity contribution in [1.29, 1.82) is 0 Å². The van der Waals surface area contributed by atoms with Crippen molar-refractivity contribution in [3.8, 4) is 5.75 Å². The molecule has 2 nitrogen and oxygen atoms in total. The van der Waals surface area contributed by atoms with Crippen LogP contribution in [0.3, 0.4) is 0 Å². The molecule has 16 heavy (non-hydrogen) atoms. The van der Waals surface area contributed by atoms with E-state index in [1.165, 1.54) is 5.56 Å². The molecule has 0 amide bonds. The molecule has 0 saturated carbocycles. The van der Waals surface area contributed by atoms with Gasteiger partial charge in [-0.2, -0.15) is 0 Å². The maximum absolute atomic E-state index is 5.90. The Morgan fingerprint density at radius 3 is 2.50 bits per heavy atom. The van der Waals surface area contributed by atoms with Gasteiger partial charge in [0.2, 0.25) is 0 Å². The van der Waals surface area contributed by atoms with Crippen LogP contribution in [0.1, 0.15) is 25.8 Å². The standard InChI is InChI=1S/C14H21NO/c1-4-11(3)16-14-8-6-12(7-9-14)10-13(15)5-2/h4,6-9,11,13H,1,5,10,15H2,2-3H3. The van der Waals surface area contributed by atoms with Crippen molar-refractivity contribution in [2.24, 2.45) is 5.73 Å². The summed E-state index contributed by atoms with van der Waals surface area (Å²) in [4.78, 5) is 0. The number of benzene rings is 1. The molecule has 0 spiro atoms. The van der Waals surface area contributed by atoms with Crippen LogP contribution in [0.25, 0.3) is 0 Å². The lowest BCUT2D eigenvalue weighted by Crippen LogP contribution is -2.21. The van der Waals surface area contributed by atoms with Gasteiger partial charge in [0.05, 0.1) is 0 Å². The molecule has 2 unspecified atom stereocenters. The maximum atomic E-state index is 5.90. The molecule has 2 N–H and O–H groups in total. The molecule has 1 rings (SSSR count). The number of nitrogens with two attached hydrogens (primary N) is 1. The van der Waals surface area contributed by atoms with Gasteiger partial charge in [-0.05, 0) is 37.5 Å². The van der Waals surface area contributed by atoms with Gasteiger partial charge in [0.15, 0.2) is 0 Å². The lowest BCUT2D eigenvalue weighted by Gasteiger charge is -2.12. The molecule has 2 heteroatoms. The van der Waals surface area contributed by atoms with Crippen LogP contribution in [0.4, 0.5) is 0 Å². The largest absolute Gasteiger partial charge is 0.487 e. The number of ether oxygens (including phenoxy) is 1. The zero-order valence-electron chi connectivity index (χ0n) is 10.1. The number of hydrogen-bond donors (Lipinski definition) is 1. The molecule has 0 aliphatic heterocycles. The summed E-state index contributed by atoms with van der Waals surface area (Å²) in [6, 6.07) is 8.36. The third-order valence-electron chi connectivity index (χ3n) is 2.60. The van der Waals surface area contributed by atoms with Crippen molar-refractivity contribution in [2.75, 3.05) is 0 Å². The van der Waals surface area contributed by atoms with Crippen molar-refractivity contribution in [2.45, 2.75) is 38.8 Å². The Bertz CT molecular complexity index is 318. The molecule has 0 bridgehead atoms. The molecule has 1 aromatic carbocycles. The van der Waals surface area contributed by atoms with E-state index in [1.54, 1.807) is 6.08 Å². The summed E-state index contributed by atoms with van der Waals surface area (Å²) in [6.07, 6.45) is 3.75. The van der Waals surface area contributed by atoms with Gasteiger partial charge < -0.3 is 10.5 Å². The van der Waals surface area contributed by atoms with Gasteiger partial charge in [0.1, 0.15) is 11.9 Å². The fraction of sp³-hybridized carbons (Fsp3) is 0.429. The second-order valence-corrected chi connectivity index (χ2v) is 4.08. The molecule has 0 radical (unpaired) electrons. The van der Waals surface area contributed by atoms with Gasteiger partial charge in [-0.1, -0.05) is 31.7 Å². The molecule has 0 saturated heterocycles. The smallest absolute Gasteiger partial charge is 0.120 e. The first-order chi connectivity index (χ1) is 7.65. The minimum atomic E-state index is 0.0451. The van der Waals surface area contributed by atoms with E-state index in [2.05, 4.69) is 25.6 Å². The van der Waals surface area contributed by atoms with E-state index in [-0.39, 0.29) is 12.1 Å². The summed E-state index contributed by atoms with van der Waals surface area (Å²) in [6.45, 7) is 7.75. The van der Waals surface area contributed by atoms with Crippen molar-refractivity contribution >= 4 is 0 Å². The van der Waals surface area contributed by atoms with Gasteiger partial charge >= 0.3 is 0 Å². The first-order valence-electron chi connectivity index (χ1n) is 5.79. The van der Waals surface area contributed by atoms with Gasteiger partial charge in [-0.15, -0.1) is 0 Å². The fourth-order valence-electron chi connectivity index (χ4n) is 1.41. The summed E-state index contributed by atoms with van der Waals surface area (Å²) in [5.74, 6) is 0.876. The molecular formula is C14H21NO. The zero-order chi connectivity index (χ0) is 12.0. The van der Waals surface area contributed by atoms with E-state index < -0.39 is 0 Å². The minimum absolute atomic E-state index is 0.0451. The SMILES string of the molecule is C=CC(C)Oc1ccc(CC(N)CC)cc1. The summed E-state index contributed by atoms with van der Waals surface area (Å²) in [5.41, 5.74) is 7.16. The molecule has 0 aliphatic rings. The van der Waals surface area contributed by atoms with Crippen LogP contribution in [-0.2, 0) is 6.42 Å². The minimum Gasteiger partial charge on any atom is -0.487 e. The Morgan fingerprint density at radius 1 is 1.38 bits per heavy atom. The average molecular weight is 219 g/mol. The van der Waals surface area contributed by atoms with E-state index in [4.69, 9.17) is 10.5 Å². The van der Waals surface area contributed by atoms with Crippen molar-refractivity contribution in [1.82, 2.24) is 0 Å². The Morgan fingerprint density at radius 2 is 2.00 bits per heavy atom. The predicted molar refractivity (Wildman–Crippen MR) is 68.7 cm³/mol. The van der Waals surface area contributed by atoms with Gasteiger partial charge in [-0.3, -0.25) is 0 Å². The molecule has 0 aliphatic carbocycles. The zero-order valence-corrected chi connectivity index (χ0v) is 10.1. The van der Waals surface area contributed by atoms with Crippen LogP contribution < -0.4 is 10.5 Å². The lowest BCUT2D eigenvalue weighted by atomic mass is 10.0. The van der Waals surface area contributed by atoms with E-state index in [9.17, 15) is 0 Å². The summed E-state index contributed by atoms with van der Waals surface area (Å²) in [5, 5.41) is 0. The van der Waals surface area contributed by atoms with Crippen LogP contribution in [0.5, 0.6) is 5.75 Å². The van der Waals surface area contributed by atoms with Crippen molar-refractivity contribution in [3.05, 3.63) is 42.5 Å². The molecule has 0 heterocycles. The van der Waals surface area contributed by atoms with Crippen molar-refractivity contribution in [3.63, 3.8) is 0 Å². The second kappa shape index (κ2) is 6.33. The Balaban J connectivity index is 2.57. The molecule has 88 valence electrons. The molecule has 1 aromatic rings. The third kappa shape index (κ3) is 4.07. The highest BCUT2D eigenvalue weighted by atomic mass is 16.5. The van der Waals surface area contributed by atoms with Crippen LogP contribution in [0.15, 0.2) is 36.9 Å². The topological polar surface area (TPSA) is 35.2 Å². The third-order valence-corrected chi connectivity index (χ3v) is 2.60. The Hall–Kier alpha value is -1.28. The highest BCUT2D eigenvalue weighted by Crippen LogP contribution is 2.15. The summed E-state index contributed by atoms with van der Waals surface area (Å²) >= 11 is 0. The summed E-state index contributed by atoms with van der Waals surface area (Å²) in [7, 11) is 0. The van der Waals surface area contributed by atoms with Crippen molar-refractivity contribution < 1.29 is 4.74 Å². The first kappa shape index (κ1) is 12.8. The Kier molecular flexibility index (Phi) is 5.06. The second-order valence-electron chi connectivity index (χ2n) is 4.08. The van der Waals surface area contributed by atoms with Gasteiger partial charge in [-0.25, -0.2) is 0 Å². The molecular weight excluding hydrogens is 198 g/mol. The summed E-state index contributed by atoms with van der Waals surface area (Å²) < 4.78 is 5.60. The molecule has 2 atom stereocenters. The van der Waals surface area contributed by atoms with Crippen LogP contribution >= 0.6 is 0 Å². The highest BCUT2D eigenvalue weighted by molar-refractivity contribution is 5.28. The number of hydrogen-bond acceptors (Lipinski definition) is 2. The predicted octanol–water partition coefficient (Wildman–Crippen LogP) is 2.92. The molecule has 0 aromatic heterocycles. The monoisotopic (exact) mass is 219 g/mol. The lowest BCUT2D eigenvalue weighted by molar-refractivity contribution is 0.270. The number of rotatable bonds is 6. The van der Waals surface area contributed by atoms with E-state index in [1.807, 2.05) is 19.1 Å². The fourth-order valence-corrected chi connectivity index (χ4v) is 1.41. The average Bonchev–Trinajstić information content (AvgIpc) is 2.31. The van der Waals surface area contributed by atoms with E-state index >= 15 is 0 Å². The molecule has 0 fully saturated rings. The van der Waals surface area contributed by atoms with E-state index in [0.717, 1.165) is 18.6 Å². The normalized spacial score (nSPS) is 14.2. The van der Waals surface area contributed by atoms with Crippen LogP contribution in [0.2, 0.25) is 0 Å². The quantitative estimate of drug-likeness (QED) is 0.747. The first-order valence-corrected chi connectivity index (χ1v) is 5.79. The van der Waals surface area contributed by atoms with Gasteiger partial charge in [0.25, 0.3) is 0 Å².